The quantitative estimate of drug-likeness (QED) is 0.157. The molecule has 3 amide bonds. The Labute approximate surface area is 205 Å². The zero-order valence-electron chi connectivity index (χ0n) is 20.0. The van der Waals surface area contributed by atoms with Crippen LogP contribution in [0.1, 0.15) is 18.1 Å². The number of aromatic nitrogens is 1. The van der Waals surface area contributed by atoms with E-state index in [4.69, 9.17) is 4.74 Å². The molecule has 4 N–H and O–H groups in total. The standard InChI is InChI=1S/C25H29N5O3.C2H2/c1-3-20(33-2)17-28-30-25(32)29-23(15-19-16-27-22-12-8-7-11-21(19)22)24(31)26-14-13-18-9-5-4-6-10-18;1-2/h3-12,16-17,23,27H,13-15H2,1-2H3,(H,26,31)(H2,29,30,32);1-2H/b20-3-,28-17+;/t23-;/m1./s1. The van der Waals surface area contributed by atoms with Crippen molar-refractivity contribution in [2.75, 3.05) is 13.7 Å². The number of nitrogens with one attached hydrogen (secondary N) is 4. The van der Waals surface area contributed by atoms with Crippen molar-refractivity contribution in [2.24, 2.45) is 5.10 Å². The topological polar surface area (TPSA) is 108 Å². The lowest BCUT2D eigenvalue weighted by Crippen LogP contribution is -2.50. The van der Waals surface area contributed by atoms with Crippen molar-refractivity contribution in [3.05, 3.63) is 83.8 Å². The lowest BCUT2D eigenvalue weighted by atomic mass is 10.0. The lowest BCUT2D eigenvalue weighted by Gasteiger charge is -2.18. The first-order chi connectivity index (χ1) is 17.1. The van der Waals surface area contributed by atoms with Gasteiger partial charge in [0.25, 0.3) is 0 Å². The van der Waals surface area contributed by atoms with E-state index in [0.29, 0.717) is 25.1 Å². The highest BCUT2D eigenvalue weighted by atomic mass is 16.5. The molecule has 0 aliphatic carbocycles. The minimum absolute atomic E-state index is 0.263. The van der Waals surface area contributed by atoms with E-state index in [0.717, 1.165) is 22.0 Å². The second kappa shape index (κ2) is 14.6. The molecule has 0 radical (unpaired) electrons. The van der Waals surface area contributed by atoms with Crippen LogP contribution in [-0.2, 0) is 22.4 Å². The molecule has 0 saturated heterocycles. The van der Waals surface area contributed by atoms with Gasteiger partial charge in [-0.1, -0.05) is 48.5 Å². The molecule has 1 aromatic heterocycles. The number of para-hydroxylation sites is 1. The third-order valence-electron chi connectivity index (χ3n) is 5.15. The van der Waals surface area contributed by atoms with Crippen LogP contribution in [0.3, 0.4) is 0 Å². The molecule has 0 aliphatic heterocycles. The molecule has 0 aliphatic rings. The third-order valence-corrected chi connectivity index (χ3v) is 5.15. The van der Waals surface area contributed by atoms with Crippen LogP contribution >= 0.6 is 0 Å². The Morgan fingerprint density at radius 1 is 1.11 bits per heavy atom. The number of carbonyl (C=O) groups excluding carboxylic acids is 2. The highest BCUT2D eigenvalue weighted by Gasteiger charge is 2.22. The number of benzene rings is 2. The van der Waals surface area contributed by atoms with Crippen LogP contribution in [0, 0.1) is 12.8 Å². The maximum Gasteiger partial charge on any atom is 0.335 e. The first-order valence-corrected chi connectivity index (χ1v) is 11.1. The highest BCUT2D eigenvalue weighted by Crippen LogP contribution is 2.19. The van der Waals surface area contributed by atoms with Gasteiger partial charge < -0.3 is 20.4 Å². The third kappa shape index (κ3) is 8.41. The van der Waals surface area contributed by atoms with Crippen LogP contribution in [0.2, 0.25) is 0 Å². The molecular formula is C27H31N5O3. The van der Waals surface area contributed by atoms with Crippen molar-refractivity contribution >= 4 is 29.1 Å². The highest BCUT2D eigenvalue weighted by molar-refractivity contribution is 5.89. The summed E-state index contributed by atoms with van der Waals surface area (Å²) in [7, 11) is 1.51. The smallest absolute Gasteiger partial charge is 0.335 e. The zero-order valence-corrected chi connectivity index (χ0v) is 20.0. The molecule has 0 spiro atoms. The van der Waals surface area contributed by atoms with E-state index in [1.54, 1.807) is 13.0 Å². The van der Waals surface area contributed by atoms with E-state index in [-0.39, 0.29) is 5.91 Å². The van der Waals surface area contributed by atoms with Crippen LogP contribution in [0.5, 0.6) is 0 Å². The van der Waals surface area contributed by atoms with E-state index in [1.165, 1.54) is 13.3 Å². The number of allylic oxidation sites excluding steroid dienone is 2. The molecule has 8 nitrogen and oxygen atoms in total. The predicted octanol–water partition coefficient (Wildman–Crippen LogP) is 3.52. The number of nitrogens with zero attached hydrogens (tertiary/aromatic N) is 1. The van der Waals surface area contributed by atoms with Crippen molar-refractivity contribution in [3.63, 3.8) is 0 Å². The Hall–Kier alpha value is -4.51. The minimum Gasteiger partial charge on any atom is -0.495 e. The number of methoxy groups -OCH3 is 1. The van der Waals surface area contributed by atoms with Gasteiger partial charge in [0.05, 0.1) is 13.3 Å². The number of aromatic amines is 1. The number of terminal acetylenes is 1. The molecule has 3 rings (SSSR count). The monoisotopic (exact) mass is 473 g/mol. The number of hydrazone groups is 1. The number of amides is 3. The molecule has 0 saturated carbocycles. The fraction of sp³-hybridized carbons (Fsp3) is 0.222. The van der Waals surface area contributed by atoms with E-state index in [9.17, 15) is 9.59 Å². The number of fused-ring (bicyclic) bond motifs is 1. The molecule has 3 aromatic rings. The molecule has 35 heavy (non-hydrogen) atoms. The second-order valence-electron chi connectivity index (χ2n) is 7.38. The van der Waals surface area contributed by atoms with Crippen LogP contribution in [0.15, 0.2) is 77.7 Å². The van der Waals surface area contributed by atoms with Crippen LogP contribution in [0.4, 0.5) is 4.79 Å². The van der Waals surface area contributed by atoms with Gasteiger partial charge in [-0.15, -0.1) is 12.8 Å². The molecule has 1 heterocycles. The number of hydrogen-bond donors (Lipinski definition) is 4. The summed E-state index contributed by atoms with van der Waals surface area (Å²) in [6.45, 7) is 2.26. The van der Waals surface area contributed by atoms with Gasteiger partial charge in [-0.2, -0.15) is 5.10 Å². The van der Waals surface area contributed by atoms with Crippen LogP contribution < -0.4 is 16.1 Å². The summed E-state index contributed by atoms with van der Waals surface area (Å²) in [5, 5.41) is 10.5. The van der Waals surface area contributed by atoms with Gasteiger partial charge in [0.2, 0.25) is 5.91 Å². The van der Waals surface area contributed by atoms with Crippen molar-refractivity contribution in [3.8, 4) is 12.8 Å². The number of urea groups is 1. The molecule has 1 atom stereocenters. The van der Waals surface area contributed by atoms with Crippen molar-refractivity contribution in [1.82, 2.24) is 21.0 Å². The molecule has 8 heteroatoms. The number of hydrogen-bond acceptors (Lipinski definition) is 4. The van der Waals surface area contributed by atoms with Gasteiger partial charge in [-0.3, -0.25) is 4.79 Å². The fourth-order valence-corrected chi connectivity index (χ4v) is 3.42. The largest absolute Gasteiger partial charge is 0.495 e. The summed E-state index contributed by atoms with van der Waals surface area (Å²) in [6.07, 6.45) is 14.0. The minimum atomic E-state index is -0.779. The Bertz CT molecular complexity index is 1170. The molecule has 0 unspecified atom stereocenters. The Morgan fingerprint density at radius 3 is 2.54 bits per heavy atom. The Morgan fingerprint density at radius 2 is 1.83 bits per heavy atom. The average molecular weight is 474 g/mol. The summed E-state index contributed by atoms with van der Waals surface area (Å²) >= 11 is 0. The van der Waals surface area contributed by atoms with Gasteiger partial charge in [0, 0.05) is 30.1 Å². The van der Waals surface area contributed by atoms with Crippen LogP contribution in [-0.4, -0.2) is 42.8 Å². The number of ether oxygens (including phenoxy) is 1. The predicted molar refractivity (Wildman–Crippen MR) is 140 cm³/mol. The zero-order chi connectivity index (χ0) is 25.5. The number of H-pyrrole nitrogens is 1. The van der Waals surface area contributed by atoms with Gasteiger partial charge >= 0.3 is 6.03 Å². The SMILES string of the molecule is C#C.C/C=C(/C=N/NC(=O)N[C@H](Cc1c[nH]c2ccccc12)C(=O)NCCc1ccccc1)OC. The molecule has 2 aromatic carbocycles. The summed E-state index contributed by atoms with van der Waals surface area (Å²) in [5.74, 6) is 0.241. The van der Waals surface area contributed by atoms with Gasteiger partial charge in [0.15, 0.2) is 0 Å². The maximum absolute atomic E-state index is 13.0. The van der Waals surface area contributed by atoms with E-state index >= 15 is 0 Å². The van der Waals surface area contributed by atoms with Crippen molar-refractivity contribution in [2.45, 2.75) is 25.8 Å². The second-order valence-corrected chi connectivity index (χ2v) is 7.38. The van der Waals surface area contributed by atoms with Gasteiger partial charge in [0.1, 0.15) is 11.8 Å². The first kappa shape index (κ1) is 26.7. The van der Waals surface area contributed by atoms with Crippen molar-refractivity contribution in [1.29, 1.82) is 0 Å². The Balaban J connectivity index is 0.00000210. The van der Waals surface area contributed by atoms with Crippen molar-refractivity contribution < 1.29 is 14.3 Å². The normalized spacial score (nSPS) is 11.8. The van der Waals surface area contributed by atoms with E-state index < -0.39 is 12.1 Å². The number of rotatable bonds is 10. The summed E-state index contributed by atoms with van der Waals surface area (Å²) in [4.78, 5) is 28.6. The molecular weight excluding hydrogens is 442 g/mol. The lowest BCUT2D eigenvalue weighted by molar-refractivity contribution is -0.122. The van der Waals surface area contributed by atoms with E-state index in [2.05, 4.69) is 39.0 Å². The first-order valence-electron chi connectivity index (χ1n) is 11.1. The van der Waals surface area contributed by atoms with Gasteiger partial charge in [-0.25, -0.2) is 10.2 Å². The van der Waals surface area contributed by atoms with Crippen LogP contribution in [0.25, 0.3) is 10.9 Å². The maximum atomic E-state index is 13.0. The Kier molecular flexibility index (Phi) is 11.2. The fourth-order valence-electron chi connectivity index (χ4n) is 3.42. The summed E-state index contributed by atoms with van der Waals surface area (Å²) < 4.78 is 5.06. The molecule has 0 bridgehead atoms. The number of carbonyl (C=O) groups is 2. The van der Waals surface area contributed by atoms with Gasteiger partial charge in [-0.05, 0) is 36.6 Å². The average Bonchev–Trinajstić information content (AvgIpc) is 3.31. The summed E-state index contributed by atoms with van der Waals surface area (Å²) in [5.41, 5.74) is 5.42. The summed E-state index contributed by atoms with van der Waals surface area (Å²) in [6, 6.07) is 16.4. The molecule has 0 fully saturated rings. The van der Waals surface area contributed by atoms with E-state index in [1.807, 2.05) is 60.8 Å². The molecule has 182 valence electrons.